The van der Waals surface area contributed by atoms with Crippen LogP contribution in [-0.2, 0) is 4.74 Å². The van der Waals surface area contributed by atoms with Crippen LogP contribution in [0.15, 0.2) is 28.3 Å². The van der Waals surface area contributed by atoms with Crippen LogP contribution in [0.5, 0.6) is 0 Å². The second-order valence-electron chi connectivity index (χ2n) is 6.40. The molecule has 0 aromatic carbocycles. The van der Waals surface area contributed by atoms with Gasteiger partial charge in [-0.1, -0.05) is 0 Å². The molecule has 26 heavy (non-hydrogen) atoms. The van der Waals surface area contributed by atoms with Gasteiger partial charge in [-0.15, -0.1) is 0 Å². The molecule has 140 valence electrons. The third-order valence-corrected chi connectivity index (χ3v) is 5.00. The molecule has 1 spiro atoms. The zero-order chi connectivity index (χ0) is 18.7. The largest absolute Gasteiger partial charge is 0.450 e. The maximum Gasteiger partial charge on any atom is 0.355 e. The Balaban J connectivity index is 1.71. The second kappa shape index (κ2) is 5.33. The van der Waals surface area contributed by atoms with Crippen molar-refractivity contribution in [1.29, 1.82) is 0 Å². The van der Waals surface area contributed by atoms with Crippen molar-refractivity contribution in [3.8, 4) is 0 Å². The van der Waals surface area contributed by atoms with Crippen LogP contribution >= 0.6 is 0 Å². The van der Waals surface area contributed by atoms with Crippen LogP contribution in [0.25, 0.3) is 0 Å². The van der Waals surface area contributed by atoms with Crippen LogP contribution in [0.2, 0.25) is 0 Å². The molecule has 4 rings (SSSR count). The summed E-state index contributed by atoms with van der Waals surface area (Å²) in [6.45, 7) is -0.582. The van der Waals surface area contributed by atoms with Crippen LogP contribution in [0.4, 0.5) is 0 Å². The van der Waals surface area contributed by atoms with E-state index in [1.807, 2.05) is 0 Å². The normalized spacial score (nSPS) is 34.4. The molecule has 3 aliphatic heterocycles. The van der Waals surface area contributed by atoms with E-state index in [0.29, 0.717) is 0 Å². The Morgan fingerprint density at radius 2 is 2.19 bits per heavy atom. The Kier molecular flexibility index (Phi) is 3.41. The van der Waals surface area contributed by atoms with E-state index in [1.54, 1.807) is 6.07 Å². The first-order valence-corrected chi connectivity index (χ1v) is 7.93. The molecule has 0 bridgehead atoms. The van der Waals surface area contributed by atoms with E-state index in [4.69, 9.17) is 16.2 Å². The molecular formula is C14H19N7O5. The van der Waals surface area contributed by atoms with Crippen molar-refractivity contribution < 1.29 is 24.9 Å². The van der Waals surface area contributed by atoms with Crippen molar-refractivity contribution in [2.75, 3.05) is 13.2 Å². The van der Waals surface area contributed by atoms with Crippen molar-refractivity contribution in [2.24, 2.45) is 21.5 Å². The zero-order valence-corrected chi connectivity index (χ0v) is 13.5. The summed E-state index contributed by atoms with van der Waals surface area (Å²) in [5.41, 5.74) is 10.2. The number of esters is 1. The van der Waals surface area contributed by atoms with Crippen LogP contribution in [0, 0.1) is 0 Å². The third kappa shape index (κ3) is 1.97. The molecule has 1 fully saturated rings. The number of aromatic nitrogens is 1. The summed E-state index contributed by atoms with van der Waals surface area (Å²) in [7, 11) is 0. The molecule has 0 radical (unpaired) electrons. The molecule has 0 saturated carbocycles. The Labute approximate surface area is 147 Å². The van der Waals surface area contributed by atoms with Crippen molar-refractivity contribution in [3.05, 3.63) is 24.0 Å². The van der Waals surface area contributed by atoms with Gasteiger partial charge >= 0.3 is 5.97 Å². The molecule has 12 nitrogen and oxygen atoms in total. The van der Waals surface area contributed by atoms with Gasteiger partial charge < -0.3 is 46.7 Å². The lowest BCUT2D eigenvalue weighted by atomic mass is 9.86. The topological polar surface area (TPSA) is 195 Å². The van der Waals surface area contributed by atoms with Gasteiger partial charge in [-0.25, -0.2) is 14.8 Å². The highest BCUT2D eigenvalue weighted by Crippen LogP contribution is 2.45. The molecule has 4 heterocycles. The number of carbonyl (C=O) groups excluding carboxylic acids is 1. The SMILES string of the molecule is NC1=NC2[C@H](CO)N=C(N)N3C[C@H](OC(=O)c4ccc[nH]4)C(O)(O)[C@]23N1. The maximum atomic E-state index is 12.2. The highest BCUT2D eigenvalue weighted by molar-refractivity contribution is 5.89. The van der Waals surface area contributed by atoms with Gasteiger partial charge in [0.15, 0.2) is 23.7 Å². The van der Waals surface area contributed by atoms with Crippen molar-refractivity contribution in [2.45, 2.75) is 29.6 Å². The molecule has 0 amide bonds. The summed E-state index contributed by atoms with van der Waals surface area (Å²) in [5.74, 6) is -3.49. The minimum atomic E-state index is -2.61. The summed E-state index contributed by atoms with van der Waals surface area (Å²) >= 11 is 0. The van der Waals surface area contributed by atoms with E-state index < -0.39 is 42.2 Å². The molecule has 12 heteroatoms. The van der Waals surface area contributed by atoms with E-state index in [2.05, 4.69) is 20.3 Å². The van der Waals surface area contributed by atoms with E-state index >= 15 is 0 Å². The number of aromatic amines is 1. The van der Waals surface area contributed by atoms with E-state index in [9.17, 15) is 20.1 Å². The number of nitrogens with one attached hydrogen (secondary N) is 2. The molecule has 1 aromatic heterocycles. The molecule has 3 aliphatic rings. The number of rotatable bonds is 3. The lowest BCUT2D eigenvalue weighted by Gasteiger charge is -2.48. The number of aliphatic imine (C=N–C) groups is 2. The average molecular weight is 365 g/mol. The fourth-order valence-electron chi connectivity index (χ4n) is 3.82. The van der Waals surface area contributed by atoms with E-state index in [0.717, 1.165) is 0 Å². The summed E-state index contributed by atoms with van der Waals surface area (Å²) < 4.78 is 5.30. The molecular weight excluding hydrogens is 346 g/mol. The third-order valence-electron chi connectivity index (χ3n) is 5.00. The maximum absolute atomic E-state index is 12.2. The predicted octanol–water partition coefficient (Wildman–Crippen LogP) is -3.79. The number of aliphatic hydroxyl groups excluding tert-OH is 1. The van der Waals surface area contributed by atoms with Crippen LogP contribution in [0.1, 0.15) is 10.5 Å². The number of nitrogens with two attached hydrogens (primary N) is 2. The van der Waals surface area contributed by atoms with Gasteiger partial charge in [0, 0.05) is 6.20 Å². The van der Waals surface area contributed by atoms with Crippen molar-refractivity contribution in [1.82, 2.24) is 15.2 Å². The highest BCUT2D eigenvalue weighted by Gasteiger charge is 2.74. The fraction of sp³-hybridized carbons (Fsp3) is 0.500. The Bertz CT molecular complexity index is 792. The first-order valence-electron chi connectivity index (χ1n) is 7.93. The lowest BCUT2D eigenvalue weighted by molar-refractivity contribution is -0.257. The van der Waals surface area contributed by atoms with Gasteiger partial charge in [0.1, 0.15) is 17.8 Å². The number of nitrogens with zero attached hydrogens (tertiary/aromatic N) is 3. The van der Waals surface area contributed by atoms with Gasteiger partial charge in [-0.2, -0.15) is 0 Å². The zero-order valence-electron chi connectivity index (χ0n) is 13.5. The number of hydrogen-bond acceptors (Lipinski definition) is 11. The van der Waals surface area contributed by atoms with Gasteiger partial charge in [0.25, 0.3) is 0 Å². The average Bonchev–Trinajstić information content (AvgIpc) is 3.27. The van der Waals surface area contributed by atoms with Crippen LogP contribution < -0.4 is 16.8 Å². The van der Waals surface area contributed by atoms with Crippen LogP contribution in [0.3, 0.4) is 0 Å². The smallest absolute Gasteiger partial charge is 0.355 e. The summed E-state index contributed by atoms with van der Waals surface area (Å²) in [6, 6.07) is 1.33. The standard InChI is InChI=1S/C14H19N7O5/c15-11-19-9-7(5-22)18-12(16)21-4-8(14(24,25)13(9,21)20-11)26-10(23)6-2-1-3-17-6/h1-3,7-9,17,22,24-25H,4-5H2,(H2,16,18)(H3,15,19,20)/t7-,8-,9?,13-/m0/s1. The number of aliphatic hydroxyl groups is 3. The summed E-state index contributed by atoms with van der Waals surface area (Å²) in [6.07, 6.45) is 0.165. The van der Waals surface area contributed by atoms with Gasteiger partial charge in [-0.3, -0.25) is 0 Å². The number of H-pyrrole nitrogens is 1. The second-order valence-corrected chi connectivity index (χ2v) is 6.40. The number of guanidine groups is 2. The van der Waals surface area contributed by atoms with Crippen molar-refractivity contribution in [3.63, 3.8) is 0 Å². The first kappa shape index (κ1) is 16.6. The predicted molar refractivity (Wildman–Crippen MR) is 87.6 cm³/mol. The Morgan fingerprint density at radius 3 is 2.85 bits per heavy atom. The minimum Gasteiger partial charge on any atom is -0.450 e. The van der Waals surface area contributed by atoms with Gasteiger partial charge in [0.2, 0.25) is 5.79 Å². The molecule has 1 saturated heterocycles. The number of hydrogen-bond donors (Lipinski definition) is 7. The summed E-state index contributed by atoms with van der Waals surface area (Å²) in [5, 5.41) is 34.2. The first-order chi connectivity index (χ1) is 12.3. The van der Waals surface area contributed by atoms with E-state index in [1.165, 1.54) is 17.2 Å². The Morgan fingerprint density at radius 1 is 1.42 bits per heavy atom. The van der Waals surface area contributed by atoms with Gasteiger partial charge in [-0.05, 0) is 12.1 Å². The molecule has 9 N–H and O–H groups in total. The lowest BCUT2D eigenvalue weighted by Crippen LogP contribution is -2.77. The molecule has 1 aromatic rings. The fourth-order valence-corrected chi connectivity index (χ4v) is 3.82. The minimum absolute atomic E-state index is 0.0522. The number of carbonyl (C=O) groups is 1. The number of ether oxygens (including phenoxy) is 1. The van der Waals surface area contributed by atoms with Crippen molar-refractivity contribution >= 4 is 17.9 Å². The molecule has 1 unspecified atom stereocenters. The monoisotopic (exact) mass is 365 g/mol. The van der Waals surface area contributed by atoms with Crippen LogP contribution in [-0.4, -0.2) is 85.9 Å². The van der Waals surface area contributed by atoms with E-state index in [-0.39, 0.29) is 24.2 Å². The molecule has 0 aliphatic carbocycles. The molecule has 4 atom stereocenters. The quantitative estimate of drug-likeness (QED) is 0.208. The highest BCUT2D eigenvalue weighted by atomic mass is 16.6. The van der Waals surface area contributed by atoms with Gasteiger partial charge in [0.05, 0.1) is 13.2 Å². The summed E-state index contributed by atoms with van der Waals surface area (Å²) in [4.78, 5) is 24.6. The Hall–Kier alpha value is -2.83.